The van der Waals surface area contributed by atoms with Gasteiger partial charge in [0, 0.05) is 80.2 Å². The number of aromatic nitrogens is 3. The van der Waals surface area contributed by atoms with Crippen molar-refractivity contribution in [3.05, 3.63) is 157 Å². The van der Waals surface area contributed by atoms with Gasteiger partial charge < -0.3 is 25.6 Å². The summed E-state index contributed by atoms with van der Waals surface area (Å²) in [4.78, 5) is 55.3. The van der Waals surface area contributed by atoms with Gasteiger partial charge in [-0.2, -0.15) is 0 Å². The molecule has 330 valence electrons. The van der Waals surface area contributed by atoms with Crippen molar-refractivity contribution >= 4 is 35.2 Å². The predicted octanol–water partition coefficient (Wildman–Crippen LogP) is 10.1. The lowest BCUT2D eigenvalue weighted by molar-refractivity contribution is -0.121. The van der Waals surface area contributed by atoms with E-state index in [-0.39, 0.29) is 24.5 Å². The third-order valence-corrected chi connectivity index (χ3v) is 10.2. The molecule has 0 radical (unpaired) electrons. The summed E-state index contributed by atoms with van der Waals surface area (Å²) in [5, 5.41) is 9.13. The fourth-order valence-electron chi connectivity index (χ4n) is 6.62. The van der Waals surface area contributed by atoms with Crippen LogP contribution in [-0.4, -0.2) is 82.0 Å². The molecule has 5 rings (SSSR count). The number of pyridine rings is 1. The van der Waals surface area contributed by atoms with E-state index in [2.05, 4.69) is 103 Å². The molecule has 0 saturated carbocycles. The molecule has 1 aliphatic rings. The Morgan fingerprint density at radius 3 is 2.17 bits per heavy atom. The van der Waals surface area contributed by atoms with Crippen LogP contribution in [0.4, 0.5) is 22.1 Å². The zero-order valence-electron chi connectivity index (χ0n) is 36.8. The van der Waals surface area contributed by atoms with E-state index in [1.54, 1.807) is 23.5 Å². The lowest BCUT2D eigenvalue weighted by Gasteiger charge is -2.34. The quantitative estimate of drug-likeness (QED) is 0.0491. The molecular weight excluding hydrogens is 789 g/mol. The molecule has 0 aliphatic carbocycles. The van der Waals surface area contributed by atoms with Crippen molar-refractivity contribution in [3.63, 3.8) is 0 Å². The average Bonchev–Trinajstić information content (AvgIpc) is 3.30. The number of carbonyl (C=O) groups is 3. The number of ether oxygens (including phenoxy) is 1. The number of rotatable bonds is 23. The van der Waals surface area contributed by atoms with E-state index in [0.29, 0.717) is 62.9 Å². The Balaban J connectivity index is 0.909. The van der Waals surface area contributed by atoms with Crippen molar-refractivity contribution in [2.75, 3.05) is 50.0 Å². The Morgan fingerprint density at radius 1 is 0.794 bits per heavy atom. The van der Waals surface area contributed by atoms with Crippen molar-refractivity contribution in [2.24, 2.45) is 0 Å². The standard InChI is InChI=1S/C51H62N8O4/c1-3-4-5-6-7-8-9-10-11-12-13-14-15-16-17-18-19-22-48(60)53-32-37-63-51(62)59-35-33-58(34-36-59)40-42-24-26-43(27-25-42)49(61)55-45-28-23-41(2)47(38-45)57-50-54-31-29-46(56-50)44-21-20-30-52-39-44/h4-5,7-8,10-11,13-14,16-17,20-21,23-31,38-39H,3,6,9,12,15,18-19,22,32-37,40H2,1-2H3,(H,53,60)(H,55,61)(H,54,56,57). The smallest absolute Gasteiger partial charge is 0.409 e. The molecule has 0 unspecified atom stereocenters. The van der Waals surface area contributed by atoms with E-state index < -0.39 is 0 Å². The maximum absolute atomic E-state index is 13.2. The molecule has 1 saturated heterocycles. The first-order valence-electron chi connectivity index (χ1n) is 22.0. The van der Waals surface area contributed by atoms with Crippen LogP contribution < -0.4 is 16.0 Å². The van der Waals surface area contributed by atoms with Crippen LogP contribution in [0.3, 0.4) is 0 Å². The molecular formula is C51H62N8O4. The summed E-state index contributed by atoms with van der Waals surface area (Å²) in [5.41, 5.74) is 5.67. The van der Waals surface area contributed by atoms with Crippen LogP contribution in [-0.2, 0) is 16.1 Å². The van der Waals surface area contributed by atoms with Gasteiger partial charge in [-0.15, -0.1) is 0 Å². The average molecular weight is 851 g/mol. The number of nitrogens with one attached hydrogen (secondary N) is 3. The molecule has 2 aromatic carbocycles. The number of hydrogen-bond donors (Lipinski definition) is 3. The molecule has 1 aliphatic heterocycles. The van der Waals surface area contributed by atoms with E-state index in [9.17, 15) is 14.4 Å². The van der Waals surface area contributed by atoms with E-state index in [4.69, 9.17) is 4.74 Å². The summed E-state index contributed by atoms with van der Waals surface area (Å²) in [6, 6.07) is 18.9. The van der Waals surface area contributed by atoms with Gasteiger partial charge in [0.15, 0.2) is 0 Å². The summed E-state index contributed by atoms with van der Waals surface area (Å²) >= 11 is 0. The summed E-state index contributed by atoms with van der Waals surface area (Å²) in [7, 11) is 0. The van der Waals surface area contributed by atoms with Gasteiger partial charge in [-0.3, -0.25) is 19.5 Å². The van der Waals surface area contributed by atoms with Gasteiger partial charge in [-0.05, 0) is 105 Å². The normalized spacial score (nSPS) is 13.5. The van der Waals surface area contributed by atoms with Gasteiger partial charge in [-0.1, -0.05) is 85.9 Å². The van der Waals surface area contributed by atoms with Crippen molar-refractivity contribution in [1.29, 1.82) is 0 Å². The summed E-state index contributed by atoms with van der Waals surface area (Å²) < 4.78 is 5.44. The van der Waals surface area contributed by atoms with Gasteiger partial charge in [0.05, 0.1) is 12.2 Å². The largest absolute Gasteiger partial charge is 0.448 e. The summed E-state index contributed by atoms with van der Waals surface area (Å²) in [5.74, 6) is 0.192. The number of aryl methyl sites for hydroxylation is 1. The lowest BCUT2D eigenvalue weighted by Crippen LogP contribution is -2.48. The zero-order valence-corrected chi connectivity index (χ0v) is 36.8. The first-order chi connectivity index (χ1) is 30.9. The molecule has 0 bridgehead atoms. The van der Waals surface area contributed by atoms with Crippen LogP contribution in [0, 0.1) is 6.92 Å². The van der Waals surface area contributed by atoms with Crippen LogP contribution in [0.5, 0.6) is 0 Å². The topological polar surface area (TPSA) is 142 Å². The molecule has 0 atom stereocenters. The third kappa shape index (κ3) is 17.7. The van der Waals surface area contributed by atoms with Gasteiger partial charge in [0.2, 0.25) is 11.9 Å². The second-order valence-corrected chi connectivity index (χ2v) is 15.1. The Labute approximate surface area is 373 Å². The van der Waals surface area contributed by atoms with Gasteiger partial charge in [0.25, 0.3) is 5.91 Å². The van der Waals surface area contributed by atoms with E-state index in [0.717, 1.165) is 73.0 Å². The van der Waals surface area contributed by atoms with E-state index in [1.807, 2.05) is 67.6 Å². The van der Waals surface area contributed by atoms with E-state index in [1.165, 1.54) is 0 Å². The first kappa shape index (κ1) is 47.4. The minimum atomic E-state index is -0.363. The SMILES string of the molecule is CCC=CCC=CCC=CCC=CCC=CCCCC(=O)NCCOC(=O)N1CCN(Cc2ccc(C(=O)Nc3ccc(C)c(Nc4nccc(-c5cccnc5)n4)c3)cc2)CC1. The van der Waals surface area contributed by atoms with Crippen molar-refractivity contribution in [1.82, 2.24) is 30.1 Å². The summed E-state index contributed by atoms with van der Waals surface area (Å²) in [6.45, 7) is 7.77. The highest BCUT2D eigenvalue weighted by Gasteiger charge is 2.22. The van der Waals surface area contributed by atoms with Gasteiger partial charge in [0.1, 0.15) is 6.61 Å². The summed E-state index contributed by atoms with van der Waals surface area (Å²) in [6.07, 6.45) is 33.5. The molecule has 3 N–H and O–H groups in total. The highest BCUT2D eigenvalue weighted by atomic mass is 16.6. The number of anilines is 3. The van der Waals surface area contributed by atoms with Crippen molar-refractivity contribution < 1.29 is 19.1 Å². The maximum Gasteiger partial charge on any atom is 0.409 e. The number of benzene rings is 2. The lowest BCUT2D eigenvalue weighted by atomic mass is 10.1. The Hall–Kier alpha value is -6.66. The molecule has 0 spiro atoms. The highest BCUT2D eigenvalue weighted by Crippen LogP contribution is 2.25. The third-order valence-electron chi connectivity index (χ3n) is 10.2. The first-order valence-corrected chi connectivity index (χ1v) is 22.0. The zero-order chi connectivity index (χ0) is 44.3. The second-order valence-electron chi connectivity index (χ2n) is 15.1. The van der Waals surface area contributed by atoms with Crippen LogP contribution in [0.15, 0.2) is 140 Å². The van der Waals surface area contributed by atoms with Crippen LogP contribution in [0.25, 0.3) is 11.3 Å². The monoisotopic (exact) mass is 850 g/mol. The maximum atomic E-state index is 13.2. The molecule has 3 amide bonds. The Morgan fingerprint density at radius 2 is 1.49 bits per heavy atom. The fourth-order valence-corrected chi connectivity index (χ4v) is 6.62. The minimum Gasteiger partial charge on any atom is -0.448 e. The second kappa shape index (κ2) is 27.3. The number of carbonyl (C=O) groups excluding carboxylic acids is 3. The molecule has 3 heterocycles. The van der Waals surface area contributed by atoms with Crippen molar-refractivity contribution in [2.45, 2.75) is 71.8 Å². The van der Waals surface area contributed by atoms with Crippen molar-refractivity contribution in [3.8, 4) is 11.3 Å². The molecule has 12 nitrogen and oxygen atoms in total. The van der Waals surface area contributed by atoms with Gasteiger partial charge in [-0.25, -0.2) is 14.8 Å². The number of amides is 3. The minimum absolute atomic E-state index is 0.0369. The number of nitrogens with zero attached hydrogens (tertiary/aromatic N) is 5. The molecule has 12 heteroatoms. The Bertz CT molecular complexity index is 2170. The van der Waals surface area contributed by atoms with Crippen LogP contribution in [0.1, 0.15) is 79.8 Å². The molecule has 2 aromatic heterocycles. The predicted molar refractivity (Wildman–Crippen MR) is 254 cm³/mol. The van der Waals surface area contributed by atoms with E-state index >= 15 is 0 Å². The Kier molecular flexibility index (Phi) is 20.6. The molecule has 1 fully saturated rings. The number of hydrogen-bond acceptors (Lipinski definition) is 9. The molecule has 4 aromatic rings. The number of allylic oxidation sites excluding steroid dienone is 10. The molecule has 63 heavy (non-hydrogen) atoms. The number of unbranched alkanes of at least 4 members (excludes halogenated alkanes) is 1. The number of piperazine rings is 1. The van der Waals surface area contributed by atoms with Gasteiger partial charge >= 0.3 is 6.09 Å². The van der Waals surface area contributed by atoms with Crippen LogP contribution in [0.2, 0.25) is 0 Å². The highest BCUT2D eigenvalue weighted by molar-refractivity contribution is 6.04. The van der Waals surface area contributed by atoms with Crippen LogP contribution >= 0.6 is 0 Å². The fraction of sp³-hybridized carbons (Fsp3) is 0.333.